The van der Waals surface area contributed by atoms with Crippen molar-refractivity contribution >= 4 is 5.91 Å². The molecule has 1 saturated heterocycles. The van der Waals surface area contributed by atoms with E-state index in [0.29, 0.717) is 31.9 Å². The molecule has 4 nitrogen and oxygen atoms in total. The molecule has 5 heteroatoms. The summed E-state index contributed by atoms with van der Waals surface area (Å²) in [6.07, 6.45) is -0.193. The minimum absolute atomic E-state index is 0.183. The number of amides is 1. The van der Waals surface area contributed by atoms with Crippen molar-refractivity contribution in [2.75, 3.05) is 26.3 Å². The average molecular weight is 315 g/mol. The molecule has 2 aromatic carbocycles. The molecule has 3 rings (SSSR count). The number of halogens is 1. The van der Waals surface area contributed by atoms with Gasteiger partial charge in [-0.05, 0) is 30.3 Å². The van der Waals surface area contributed by atoms with Crippen LogP contribution in [0, 0.1) is 5.82 Å². The Balaban J connectivity index is 1.58. The largest absolute Gasteiger partial charge is 0.491 e. The van der Waals surface area contributed by atoms with Crippen LogP contribution in [0.25, 0.3) is 0 Å². The van der Waals surface area contributed by atoms with Crippen LogP contribution in [-0.2, 0) is 4.74 Å². The van der Waals surface area contributed by atoms with Crippen LogP contribution in [0.2, 0.25) is 0 Å². The van der Waals surface area contributed by atoms with Crippen molar-refractivity contribution in [3.05, 3.63) is 66.0 Å². The van der Waals surface area contributed by atoms with Gasteiger partial charge in [-0.15, -0.1) is 0 Å². The number of nitrogens with zero attached hydrogens (tertiary/aromatic N) is 1. The molecule has 1 fully saturated rings. The Kier molecular flexibility index (Phi) is 4.88. The molecular formula is C18H18FNO3. The topological polar surface area (TPSA) is 38.8 Å². The smallest absolute Gasteiger partial charge is 0.254 e. The van der Waals surface area contributed by atoms with Crippen molar-refractivity contribution in [3.8, 4) is 5.75 Å². The van der Waals surface area contributed by atoms with Gasteiger partial charge < -0.3 is 14.4 Å². The third-order valence-corrected chi connectivity index (χ3v) is 3.68. The van der Waals surface area contributed by atoms with Gasteiger partial charge in [-0.25, -0.2) is 4.39 Å². The second kappa shape index (κ2) is 7.24. The van der Waals surface area contributed by atoms with E-state index >= 15 is 0 Å². The van der Waals surface area contributed by atoms with Crippen LogP contribution >= 0.6 is 0 Å². The number of morpholine rings is 1. The third-order valence-electron chi connectivity index (χ3n) is 3.68. The Morgan fingerprint density at radius 3 is 2.83 bits per heavy atom. The van der Waals surface area contributed by atoms with Gasteiger partial charge in [-0.3, -0.25) is 4.79 Å². The van der Waals surface area contributed by atoms with Gasteiger partial charge >= 0.3 is 0 Å². The van der Waals surface area contributed by atoms with Crippen molar-refractivity contribution < 1.29 is 18.7 Å². The van der Waals surface area contributed by atoms with Crippen LogP contribution in [-0.4, -0.2) is 43.2 Å². The minimum atomic E-state index is -0.409. The number of carbonyl (C=O) groups excluding carboxylic acids is 1. The molecule has 1 heterocycles. The lowest BCUT2D eigenvalue weighted by Crippen LogP contribution is -2.47. The van der Waals surface area contributed by atoms with Crippen molar-refractivity contribution in [1.29, 1.82) is 0 Å². The van der Waals surface area contributed by atoms with Crippen LogP contribution in [0.15, 0.2) is 54.6 Å². The highest BCUT2D eigenvalue weighted by Crippen LogP contribution is 2.14. The molecule has 0 unspecified atom stereocenters. The lowest BCUT2D eigenvalue weighted by atomic mass is 10.1. The van der Waals surface area contributed by atoms with E-state index in [1.165, 1.54) is 12.1 Å². The van der Waals surface area contributed by atoms with E-state index in [2.05, 4.69) is 0 Å². The first-order valence-corrected chi connectivity index (χ1v) is 7.56. The Bertz CT molecular complexity index is 662. The van der Waals surface area contributed by atoms with Gasteiger partial charge in [0.1, 0.15) is 24.3 Å². The van der Waals surface area contributed by atoms with Gasteiger partial charge in [0.2, 0.25) is 0 Å². The summed E-state index contributed by atoms with van der Waals surface area (Å²) in [6.45, 7) is 1.75. The van der Waals surface area contributed by atoms with Crippen LogP contribution in [0.1, 0.15) is 10.4 Å². The second-order valence-electron chi connectivity index (χ2n) is 5.38. The first kappa shape index (κ1) is 15.5. The minimum Gasteiger partial charge on any atom is -0.491 e. The zero-order valence-corrected chi connectivity index (χ0v) is 12.7. The molecular weight excluding hydrogens is 297 g/mol. The Labute approximate surface area is 134 Å². The molecule has 1 amide bonds. The summed E-state index contributed by atoms with van der Waals surface area (Å²) in [6, 6.07) is 15.2. The number of benzene rings is 2. The summed E-state index contributed by atoms with van der Waals surface area (Å²) in [5, 5.41) is 0. The number of carbonyl (C=O) groups is 1. The van der Waals surface area contributed by atoms with Gasteiger partial charge in [0, 0.05) is 12.1 Å². The Morgan fingerprint density at radius 2 is 2.04 bits per heavy atom. The lowest BCUT2D eigenvalue weighted by molar-refractivity contribution is -0.0401. The summed E-state index contributed by atoms with van der Waals surface area (Å²) in [7, 11) is 0. The summed E-state index contributed by atoms with van der Waals surface area (Å²) in [5.41, 5.74) is 0.356. The van der Waals surface area contributed by atoms with Crippen LogP contribution in [0.4, 0.5) is 4.39 Å². The van der Waals surface area contributed by atoms with Crippen molar-refractivity contribution in [2.45, 2.75) is 6.10 Å². The first-order valence-electron chi connectivity index (χ1n) is 7.56. The summed E-state index contributed by atoms with van der Waals surface area (Å²) < 4.78 is 24.6. The number of hydrogen-bond acceptors (Lipinski definition) is 3. The second-order valence-corrected chi connectivity index (χ2v) is 5.38. The van der Waals surface area contributed by atoms with Crippen molar-refractivity contribution in [3.63, 3.8) is 0 Å². The van der Waals surface area contributed by atoms with Crippen molar-refractivity contribution in [1.82, 2.24) is 4.90 Å². The molecule has 0 aromatic heterocycles. The molecule has 0 radical (unpaired) electrons. The molecule has 0 spiro atoms. The Hall–Kier alpha value is -2.40. The molecule has 23 heavy (non-hydrogen) atoms. The van der Waals surface area contributed by atoms with Crippen LogP contribution < -0.4 is 4.74 Å². The fraction of sp³-hybridized carbons (Fsp3) is 0.278. The summed E-state index contributed by atoms with van der Waals surface area (Å²) in [5.74, 6) is 0.176. The maximum Gasteiger partial charge on any atom is 0.254 e. The lowest BCUT2D eigenvalue weighted by Gasteiger charge is -2.32. The summed E-state index contributed by atoms with van der Waals surface area (Å²) >= 11 is 0. The molecule has 1 aliphatic rings. The highest BCUT2D eigenvalue weighted by atomic mass is 19.1. The van der Waals surface area contributed by atoms with Crippen LogP contribution in [0.5, 0.6) is 5.75 Å². The van der Waals surface area contributed by atoms with Gasteiger partial charge in [-0.1, -0.05) is 24.3 Å². The highest BCUT2D eigenvalue weighted by Gasteiger charge is 2.25. The molecule has 1 aliphatic heterocycles. The van der Waals surface area contributed by atoms with E-state index in [1.54, 1.807) is 17.0 Å². The predicted octanol–water partition coefficient (Wildman–Crippen LogP) is 2.75. The zero-order chi connectivity index (χ0) is 16.1. The third kappa shape index (κ3) is 4.07. The molecule has 0 aliphatic carbocycles. The van der Waals surface area contributed by atoms with Gasteiger partial charge in [0.25, 0.3) is 5.91 Å². The highest BCUT2D eigenvalue weighted by molar-refractivity contribution is 5.94. The molecule has 0 N–H and O–H groups in total. The van der Waals surface area contributed by atoms with E-state index in [1.807, 2.05) is 30.3 Å². The van der Waals surface area contributed by atoms with Crippen molar-refractivity contribution in [2.24, 2.45) is 0 Å². The average Bonchev–Trinajstić information content (AvgIpc) is 2.60. The van der Waals surface area contributed by atoms with Gasteiger partial charge in [0.15, 0.2) is 0 Å². The molecule has 2 aromatic rings. The number of para-hydroxylation sites is 1. The maximum absolute atomic E-state index is 13.3. The molecule has 0 bridgehead atoms. The quantitative estimate of drug-likeness (QED) is 0.871. The van der Waals surface area contributed by atoms with E-state index in [0.717, 1.165) is 5.75 Å². The van der Waals surface area contributed by atoms with E-state index in [-0.39, 0.29) is 12.0 Å². The van der Waals surface area contributed by atoms with E-state index in [4.69, 9.17) is 9.47 Å². The number of ether oxygens (including phenoxy) is 2. The van der Waals surface area contributed by atoms with Gasteiger partial charge in [-0.2, -0.15) is 0 Å². The molecule has 1 atom stereocenters. The molecule has 0 saturated carbocycles. The van der Waals surface area contributed by atoms with Crippen LogP contribution in [0.3, 0.4) is 0 Å². The first-order chi connectivity index (χ1) is 11.2. The van der Waals surface area contributed by atoms with E-state index in [9.17, 15) is 9.18 Å². The monoisotopic (exact) mass is 315 g/mol. The zero-order valence-electron chi connectivity index (χ0n) is 12.7. The predicted molar refractivity (Wildman–Crippen MR) is 84.0 cm³/mol. The fourth-order valence-electron chi connectivity index (χ4n) is 2.51. The maximum atomic E-state index is 13.3. The van der Waals surface area contributed by atoms with Gasteiger partial charge in [0.05, 0.1) is 13.2 Å². The SMILES string of the molecule is O=C(c1cccc(F)c1)N1CCO[C@H](COc2ccccc2)C1. The number of hydrogen-bond donors (Lipinski definition) is 0. The molecule has 120 valence electrons. The normalized spacial score (nSPS) is 17.8. The Morgan fingerprint density at radius 1 is 1.22 bits per heavy atom. The van der Waals surface area contributed by atoms with E-state index < -0.39 is 5.82 Å². The number of rotatable bonds is 4. The fourth-order valence-corrected chi connectivity index (χ4v) is 2.51. The summed E-state index contributed by atoms with van der Waals surface area (Å²) in [4.78, 5) is 14.1. The standard InChI is InChI=1S/C18H18FNO3/c19-15-6-4-5-14(11-15)18(21)20-9-10-22-17(12-20)13-23-16-7-2-1-3-8-16/h1-8,11,17H,9-10,12-13H2/t17-/m0/s1.